The van der Waals surface area contributed by atoms with Gasteiger partial charge in [0.15, 0.2) is 5.75 Å². The minimum absolute atomic E-state index is 0.554. The van der Waals surface area contributed by atoms with Gasteiger partial charge >= 0.3 is 0 Å². The van der Waals surface area contributed by atoms with Gasteiger partial charge in [0.2, 0.25) is 0 Å². The summed E-state index contributed by atoms with van der Waals surface area (Å²) in [6, 6.07) is 0.554. The van der Waals surface area contributed by atoms with Crippen LogP contribution in [0.15, 0.2) is 12.4 Å². The smallest absolute Gasteiger partial charge is 0.157 e. The van der Waals surface area contributed by atoms with Gasteiger partial charge in [-0.15, -0.1) is 0 Å². The molecule has 0 saturated carbocycles. The maximum absolute atomic E-state index is 5.72. The highest BCUT2D eigenvalue weighted by molar-refractivity contribution is 5.11. The van der Waals surface area contributed by atoms with Crippen molar-refractivity contribution in [3.05, 3.63) is 12.4 Å². The van der Waals surface area contributed by atoms with Crippen LogP contribution in [0.2, 0.25) is 0 Å². The Labute approximate surface area is 96.2 Å². The lowest BCUT2D eigenvalue weighted by molar-refractivity contribution is 0.198. The molecule has 2 heterocycles. The number of hydrogen-bond donors (Lipinski definition) is 1. The van der Waals surface area contributed by atoms with Gasteiger partial charge in [-0.2, -0.15) is 5.10 Å². The molecule has 16 heavy (non-hydrogen) atoms. The standard InChI is InChI=1S/C11H20N4O/c1-14-5-2-3-10(14)9-16-11-7-13-15(8-11)6-4-12/h7-8,10H,2-6,9,12H2,1H3. The van der Waals surface area contributed by atoms with Gasteiger partial charge in [0.25, 0.3) is 0 Å². The Hall–Kier alpha value is -1.07. The predicted octanol–water partition coefficient (Wildman–Crippen LogP) is 0.315. The Morgan fingerprint density at radius 1 is 1.62 bits per heavy atom. The van der Waals surface area contributed by atoms with E-state index in [1.807, 2.05) is 10.9 Å². The second-order valence-electron chi connectivity index (χ2n) is 4.32. The summed E-state index contributed by atoms with van der Waals surface area (Å²) < 4.78 is 7.53. The van der Waals surface area contributed by atoms with Crippen LogP contribution >= 0.6 is 0 Å². The fourth-order valence-electron chi connectivity index (χ4n) is 2.06. The van der Waals surface area contributed by atoms with Crippen molar-refractivity contribution in [2.24, 2.45) is 5.73 Å². The van der Waals surface area contributed by atoms with Crippen LogP contribution in [0.3, 0.4) is 0 Å². The number of likely N-dealkylation sites (N-methyl/N-ethyl adjacent to an activating group) is 1. The molecule has 1 unspecified atom stereocenters. The molecule has 1 atom stereocenters. The van der Waals surface area contributed by atoms with Crippen LogP contribution in [-0.4, -0.2) is 47.5 Å². The van der Waals surface area contributed by atoms with Gasteiger partial charge in [-0.1, -0.05) is 0 Å². The summed E-state index contributed by atoms with van der Waals surface area (Å²) >= 11 is 0. The van der Waals surface area contributed by atoms with Crippen molar-refractivity contribution in [2.75, 3.05) is 26.7 Å². The average molecular weight is 224 g/mol. The van der Waals surface area contributed by atoms with Crippen molar-refractivity contribution in [3.63, 3.8) is 0 Å². The molecule has 1 aromatic heterocycles. The van der Waals surface area contributed by atoms with E-state index in [9.17, 15) is 0 Å². The van der Waals surface area contributed by atoms with Gasteiger partial charge in [-0.05, 0) is 26.4 Å². The molecule has 1 aliphatic heterocycles. The fraction of sp³-hybridized carbons (Fsp3) is 0.727. The largest absolute Gasteiger partial charge is 0.489 e. The van der Waals surface area contributed by atoms with E-state index in [1.54, 1.807) is 6.20 Å². The summed E-state index contributed by atoms with van der Waals surface area (Å²) in [5.41, 5.74) is 5.45. The Morgan fingerprint density at radius 2 is 2.50 bits per heavy atom. The van der Waals surface area contributed by atoms with E-state index >= 15 is 0 Å². The van der Waals surface area contributed by atoms with Gasteiger partial charge < -0.3 is 15.4 Å². The third-order valence-electron chi connectivity index (χ3n) is 3.08. The van der Waals surface area contributed by atoms with Gasteiger partial charge in [-0.25, -0.2) is 0 Å². The second-order valence-corrected chi connectivity index (χ2v) is 4.32. The first-order valence-corrected chi connectivity index (χ1v) is 5.85. The maximum Gasteiger partial charge on any atom is 0.157 e. The van der Waals surface area contributed by atoms with E-state index in [4.69, 9.17) is 10.5 Å². The van der Waals surface area contributed by atoms with E-state index < -0.39 is 0 Å². The Kier molecular flexibility index (Phi) is 3.79. The number of nitrogens with two attached hydrogens (primary N) is 1. The molecule has 90 valence electrons. The molecular formula is C11H20N4O. The number of hydrogen-bond acceptors (Lipinski definition) is 4. The molecule has 2 rings (SSSR count). The van der Waals surface area contributed by atoms with E-state index in [0.29, 0.717) is 12.6 Å². The zero-order valence-electron chi connectivity index (χ0n) is 9.80. The first-order valence-electron chi connectivity index (χ1n) is 5.85. The maximum atomic E-state index is 5.72. The van der Waals surface area contributed by atoms with E-state index in [1.165, 1.54) is 19.4 Å². The Morgan fingerprint density at radius 3 is 3.19 bits per heavy atom. The fourth-order valence-corrected chi connectivity index (χ4v) is 2.06. The molecule has 0 amide bonds. The highest BCUT2D eigenvalue weighted by Crippen LogP contribution is 2.16. The van der Waals surface area contributed by atoms with Crippen molar-refractivity contribution in [1.82, 2.24) is 14.7 Å². The number of nitrogens with zero attached hydrogens (tertiary/aromatic N) is 3. The lowest BCUT2D eigenvalue weighted by Crippen LogP contribution is -2.30. The lowest BCUT2D eigenvalue weighted by Gasteiger charge is -2.18. The molecule has 1 saturated heterocycles. The number of aromatic nitrogens is 2. The normalized spacial score (nSPS) is 21.5. The van der Waals surface area contributed by atoms with Crippen molar-refractivity contribution in [1.29, 1.82) is 0 Å². The summed E-state index contributed by atoms with van der Waals surface area (Å²) in [4.78, 5) is 2.35. The predicted molar refractivity (Wildman–Crippen MR) is 62.4 cm³/mol. The highest BCUT2D eigenvalue weighted by atomic mass is 16.5. The summed E-state index contributed by atoms with van der Waals surface area (Å²) in [6.07, 6.45) is 6.16. The van der Waals surface area contributed by atoms with E-state index in [2.05, 4.69) is 17.0 Å². The van der Waals surface area contributed by atoms with Crippen molar-refractivity contribution in [3.8, 4) is 5.75 Å². The van der Waals surface area contributed by atoms with Crippen LogP contribution in [0.4, 0.5) is 0 Å². The third-order valence-corrected chi connectivity index (χ3v) is 3.08. The molecular weight excluding hydrogens is 204 g/mol. The van der Waals surface area contributed by atoms with Crippen LogP contribution < -0.4 is 10.5 Å². The van der Waals surface area contributed by atoms with Crippen LogP contribution in [0.5, 0.6) is 5.75 Å². The summed E-state index contributed by atoms with van der Waals surface area (Å²) in [7, 11) is 2.15. The minimum atomic E-state index is 0.554. The van der Waals surface area contributed by atoms with Crippen LogP contribution in [-0.2, 0) is 6.54 Å². The molecule has 5 nitrogen and oxygen atoms in total. The Balaban J connectivity index is 1.80. The summed E-state index contributed by atoms with van der Waals surface area (Å²) in [6.45, 7) is 3.28. The summed E-state index contributed by atoms with van der Waals surface area (Å²) in [5.74, 6) is 0.841. The Bertz CT molecular complexity index is 326. The molecule has 0 radical (unpaired) electrons. The SMILES string of the molecule is CN1CCCC1COc1cnn(CCN)c1. The molecule has 1 fully saturated rings. The van der Waals surface area contributed by atoms with Crippen LogP contribution in [0.25, 0.3) is 0 Å². The topological polar surface area (TPSA) is 56.3 Å². The summed E-state index contributed by atoms with van der Waals surface area (Å²) in [5, 5.41) is 4.17. The molecule has 5 heteroatoms. The second kappa shape index (κ2) is 5.32. The van der Waals surface area contributed by atoms with Gasteiger partial charge in [0.1, 0.15) is 6.61 Å². The first-order chi connectivity index (χ1) is 7.79. The van der Waals surface area contributed by atoms with Crippen molar-refractivity contribution < 1.29 is 4.74 Å². The third kappa shape index (κ3) is 2.74. The van der Waals surface area contributed by atoms with Gasteiger partial charge in [0.05, 0.1) is 18.9 Å². The first kappa shape index (κ1) is 11.4. The highest BCUT2D eigenvalue weighted by Gasteiger charge is 2.21. The number of likely N-dealkylation sites (tertiary alicyclic amines) is 1. The van der Waals surface area contributed by atoms with Crippen molar-refractivity contribution in [2.45, 2.75) is 25.4 Å². The minimum Gasteiger partial charge on any atom is -0.489 e. The average Bonchev–Trinajstić information content (AvgIpc) is 2.86. The number of rotatable bonds is 5. The quantitative estimate of drug-likeness (QED) is 0.782. The van der Waals surface area contributed by atoms with Crippen molar-refractivity contribution >= 4 is 0 Å². The molecule has 0 bridgehead atoms. The van der Waals surface area contributed by atoms with Gasteiger partial charge in [0, 0.05) is 12.6 Å². The lowest BCUT2D eigenvalue weighted by atomic mass is 10.2. The van der Waals surface area contributed by atoms with Gasteiger partial charge in [-0.3, -0.25) is 4.68 Å². The van der Waals surface area contributed by atoms with E-state index in [-0.39, 0.29) is 0 Å². The van der Waals surface area contributed by atoms with E-state index in [0.717, 1.165) is 18.9 Å². The zero-order valence-corrected chi connectivity index (χ0v) is 9.80. The number of ether oxygens (including phenoxy) is 1. The molecule has 2 N–H and O–H groups in total. The molecule has 0 aliphatic carbocycles. The molecule has 0 spiro atoms. The molecule has 0 aromatic carbocycles. The zero-order chi connectivity index (χ0) is 11.4. The molecule has 1 aliphatic rings. The molecule has 1 aromatic rings. The van der Waals surface area contributed by atoms with Crippen LogP contribution in [0, 0.1) is 0 Å². The monoisotopic (exact) mass is 224 g/mol. The van der Waals surface area contributed by atoms with Crippen LogP contribution in [0.1, 0.15) is 12.8 Å².